The van der Waals surface area contributed by atoms with Crippen molar-refractivity contribution in [3.8, 4) is 78.7 Å². The second kappa shape index (κ2) is 14.1. The van der Waals surface area contributed by atoms with Crippen molar-refractivity contribution in [1.29, 1.82) is 0 Å². The van der Waals surface area contributed by atoms with Gasteiger partial charge in [0.25, 0.3) is 0 Å². The first-order valence-corrected chi connectivity index (χ1v) is 19.3. The monoisotopic (exact) mass is 719 g/mol. The van der Waals surface area contributed by atoms with Crippen molar-refractivity contribution in [3.05, 3.63) is 200 Å². The Balaban J connectivity index is 1.14. The molecule has 0 fully saturated rings. The van der Waals surface area contributed by atoms with Gasteiger partial charge < -0.3 is 0 Å². The van der Waals surface area contributed by atoms with Crippen LogP contribution in [0.1, 0.15) is 0 Å². The van der Waals surface area contributed by atoms with Crippen LogP contribution in [0.15, 0.2) is 200 Å². The molecule has 0 radical (unpaired) electrons. The fourth-order valence-corrected chi connectivity index (χ4v) is 8.56. The lowest BCUT2D eigenvalue weighted by Crippen LogP contribution is -2.00. The summed E-state index contributed by atoms with van der Waals surface area (Å²) in [5.41, 5.74) is 12.4. The smallest absolute Gasteiger partial charge is 0.164 e. The molecule has 55 heavy (non-hydrogen) atoms. The van der Waals surface area contributed by atoms with Gasteiger partial charge in [-0.1, -0.05) is 170 Å². The van der Waals surface area contributed by atoms with Gasteiger partial charge in [0, 0.05) is 36.9 Å². The summed E-state index contributed by atoms with van der Waals surface area (Å²) in [6.45, 7) is 0. The Morgan fingerprint density at radius 2 is 0.782 bits per heavy atom. The number of fused-ring (bicyclic) bond motifs is 3. The third-order valence-corrected chi connectivity index (χ3v) is 11.3. The molecular formula is C51H33N3S. The van der Waals surface area contributed by atoms with Crippen molar-refractivity contribution in [2.24, 2.45) is 0 Å². The molecule has 0 spiro atoms. The molecule has 0 N–H and O–H groups in total. The minimum atomic E-state index is 0.656. The predicted octanol–water partition coefficient (Wildman–Crippen LogP) is 13.9. The average Bonchev–Trinajstić information content (AvgIpc) is 3.66. The maximum Gasteiger partial charge on any atom is 0.164 e. The van der Waals surface area contributed by atoms with E-state index in [9.17, 15) is 0 Å². The maximum absolute atomic E-state index is 5.12. The fourth-order valence-electron chi connectivity index (χ4n) is 7.45. The van der Waals surface area contributed by atoms with E-state index in [1.807, 2.05) is 36.4 Å². The molecule has 2 aromatic heterocycles. The summed E-state index contributed by atoms with van der Waals surface area (Å²) < 4.78 is 2.42. The second-order valence-corrected chi connectivity index (χ2v) is 14.7. The molecule has 0 aliphatic rings. The lowest BCUT2D eigenvalue weighted by atomic mass is 9.90. The van der Waals surface area contributed by atoms with Gasteiger partial charge in [-0.3, -0.25) is 0 Å². The van der Waals surface area contributed by atoms with Crippen molar-refractivity contribution in [3.63, 3.8) is 0 Å². The Bertz CT molecular complexity index is 2900. The standard InChI is InChI=1S/C51H33N3S/c1-5-15-34(16-6-1)38-23-13-24-39(31-38)40-27-29-42(44(32-40)35-17-7-2-8-18-35)41-28-30-46-45(33-41)48-43(25-14-26-47(48)55-46)51-53-49(36-19-9-3-10-20-36)52-50(54-51)37-21-11-4-12-22-37/h1-33H. The van der Waals surface area contributed by atoms with E-state index < -0.39 is 0 Å². The molecule has 10 rings (SSSR count). The van der Waals surface area contributed by atoms with E-state index in [4.69, 9.17) is 15.0 Å². The first-order valence-electron chi connectivity index (χ1n) is 18.4. The third kappa shape index (κ3) is 6.29. The van der Waals surface area contributed by atoms with Crippen LogP contribution in [0.4, 0.5) is 0 Å². The highest BCUT2D eigenvalue weighted by Gasteiger charge is 2.18. The van der Waals surface area contributed by atoms with Gasteiger partial charge in [-0.2, -0.15) is 0 Å². The molecule has 0 saturated carbocycles. The van der Waals surface area contributed by atoms with Crippen LogP contribution in [0.25, 0.3) is 98.8 Å². The highest BCUT2D eigenvalue weighted by molar-refractivity contribution is 7.26. The summed E-state index contributed by atoms with van der Waals surface area (Å²) in [6, 6.07) is 70.7. The normalized spacial score (nSPS) is 11.3. The number of thiophene rings is 1. The highest BCUT2D eigenvalue weighted by atomic mass is 32.1. The SMILES string of the molecule is c1ccc(-c2cccc(-c3ccc(-c4ccc5sc6cccc(-c7nc(-c8ccccc8)nc(-c8ccccc8)n7)c6c5c4)c(-c4ccccc4)c3)c2)cc1. The van der Waals surface area contributed by atoms with Crippen LogP contribution in [-0.2, 0) is 0 Å². The maximum atomic E-state index is 5.12. The van der Waals surface area contributed by atoms with E-state index in [2.05, 4.69) is 164 Å². The summed E-state index contributed by atoms with van der Waals surface area (Å²) in [4.78, 5) is 15.2. The Morgan fingerprint density at radius 1 is 0.273 bits per heavy atom. The summed E-state index contributed by atoms with van der Waals surface area (Å²) in [5.74, 6) is 1.97. The van der Waals surface area contributed by atoms with Gasteiger partial charge in [0.15, 0.2) is 17.5 Å². The topological polar surface area (TPSA) is 38.7 Å². The summed E-state index contributed by atoms with van der Waals surface area (Å²) >= 11 is 1.80. The van der Waals surface area contributed by atoms with Crippen LogP contribution in [0.2, 0.25) is 0 Å². The summed E-state index contributed by atoms with van der Waals surface area (Å²) in [5, 5.41) is 2.35. The van der Waals surface area contributed by atoms with E-state index >= 15 is 0 Å². The van der Waals surface area contributed by atoms with Crippen LogP contribution in [-0.4, -0.2) is 15.0 Å². The largest absolute Gasteiger partial charge is 0.208 e. The van der Waals surface area contributed by atoms with Gasteiger partial charge in [-0.15, -0.1) is 11.3 Å². The Morgan fingerprint density at radius 3 is 1.44 bits per heavy atom. The first kappa shape index (κ1) is 32.6. The molecule has 4 heteroatoms. The summed E-state index contributed by atoms with van der Waals surface area (Å²) in [7, 11) is 0. The van der Waals surface area contributed by atoms with Crippen LogP contribution >= 0.6 is 11.3 Å². The number of nitrogens with zero attached hydrogens (tertiary/aromatic N) is 3. The van der Waals surface area contributed by atoms with E-state index in [-0.39, 0.29) is 0 Å². The molecule has 0 aliphatic carbocycles. The van der Waals surface area contributed by atoms with Crippen molar-refractivity contribution < 1.29 is 0 Å². The molecule has 3 nitrogen and oxygen atoms in total. The lowest BCUT2D eigenvalue weighted by Gasteiger charge is -2.14. The van der Waals surface area contributed by atoms with Gasteiger partial charge in [0.05, 0.1) is 0 Å². The molecule has 2 heterocycles. The second-order valence-electron chi connectivity index (χ2n) is 13.6. The molecule has 0 saturated heterocycles. The third-order valence-electron chi connectivity index (χ3n) is 10.2. The Kier molecular flexibility index (Phi) is 8.36. The zero-order valence-corrected chi connectivity index (χ0v) is 30.6. The van der Waals surface area contributed by atoms with E-state index in [1.54, 1.807) is 11.3 Å². The van der Waals surface area contributed by atoms with Gasteiger partial charge in [0.2, 0.25) is 0 Å². The fraction of sp³-hybridized carbons (Fsp3) is 0. The molecule has 0 aliphatic heterocycles. The lowest BCUT2D eigenvalue weighted by molar-refractivity contribution is 1.08. The highest BCUT2D eigenvalue weighted by Crippen LogP contribution is 2.43. The molecule has 258 valence electrons. The number of hydrogen-bond donors (Lipinski definition) is 0. The molecule has 0 unspecified atom stereocenters. The minimum absolute atomic E-state index is 0.656. The number of benzene rings is 8. The van der Waals surface area contributed by atoms with Crippen molar-refractivity contribution in [2.75, 3.05) is 0 Å². The Labute approximate surface area is 323 Å². The van der Waals surface area contributed by atoms with Gasteiger partial charge in [-0.25, -0.2) is 15.0 Å². The zero-order valence-electron chi connectivity index (χ0n) is 29.8. The van der Waals surface area contributed by atoms with Crippen LogP contribution < -0.4 is 0 Å². The van der Waals surface area contributed by atoms with Crippen molar-refractivity contribution in [2.45, 2.75) is 0 Å². The van der Waals surface area contributed by atoms with Gasteiger partial charge in [-0.05, 0) is 74.8 Å². The molecule has 10 aromatic rings. The average molecular weight is 720 g/mol. The summed E-state index contributed by atoms with van der Waals surface area (Å²) in [6.07, 6.45) is 0. The molecule has 0 atom stereocenters. The molecule has 8 aromatic carbocycles. The van der Waals surface area contributed by atoms with E-state index in [0.29, 0.717) is 17.5 Å². The van der Waals surface area contributed by atoms with Crippen molar-refractivity contribution >= 4 is 31.5 Å². The first-order chi connectivity index (χ1) is 27.2. The minimum Gasteiger partial charge on any atom is -0.208 e. The van der Waals surface area contributed by atoms with Crippen molar-refractivity contribution in [1.82, 2.24) is 15.0 Å². The van der Waals surface area contributed by atoms with Gasteiger partial charge >= 0.3 is 0 Å². The number of aromatic nitrogens is 3. The number of hydrogen-bond acceptors (Lipinski definition) is 4. The van der Waals surface area contributed by atoms with E-state index in [1.165, 1.54) is 53.7 Å². The number of rotatable bonds is 7. The van der Waals surface area contributed by atoms with Crippen LogP contribution in [0, 0.1) is 0 Å². The zero-order chi connectivity index (χ0) is 36.6. The van der Waals surface area contributed by atoms with E-state index in [0.717, 1.165) is 27.6 Å². The van der Waals surface area contributed by atoms with Crippen LogP contribution in [0.3, 0.4) is 0 Å². The Hall–Kier alpha value is -7.01. The van der Waals surface area contributed by atoms with Crippen LogP contribution in [0.5, 0.6) is 0 Å². The molecule has 0 bridgehead atoms. The molecular weight excluding hydrogens is 687 g/mol. The van der Waals surface area contributed by atoms with Gasteiger partial charge in [0.1, 0.15) is 0 Å². The quantitative estimate of drug-likeness (QED) is 0.165. The predicted molar refractivity (Wildman–Crippen MR) is 231 cm³/mol. The molecule has 0 amide bonds.